The van der Waals surface area contributed by atoms with Gasteiger partial charge in [0, 0.05) is 24.6 Å². The van der Waals surface area contributed by atoms with Crippen LogP contribution in [0.5, 0.6) is 0 Å². The zero-order valence-electron chi connectivity index (χ0n) is 15.6. The highest BCUT2D eigenvalue weighted by atomic mass is 19.4. The molecular formula is C19H20F4N2O4. The van der Waals surface area contributed by atoms with E-state index in [0.29, 0.717) is 32.0 Å². The van der Waals surface area contributed by atoms with Crippen molar-refractivity contribution in [1.82, 2.24) is 10.2 Å². The van der Waals surface area contributed by atoms with E-state index in [0.717, 1.165) is 6.07 Å². The third kappa shape index (κ3) is 3.77. The molecule has 10 heteroatoms. The van der Waals surface area contributed by atoms with Crippen molar-refractivity contribution in [3.8, 4) is 0 Å². The number of nitrogens with zero attached hydrogens (tertiary/aromatic N) is 1. The van der Waals surface area contributed by atoms with Gasteiger partial charge < -0.3 is 19.7 Å². The Morgan fingerprint density at radius 2 is 2.03 bits per heavy atom. The molecule has 3 fully saturated rings. The van der Waals surface area contributed by atoms with Crippen LogP contribution in [0.25, 0.3) is 0 Å². The zero-order valence-corrected chi connectivity index (χ0v) is 15.6. The molecule has 0 radical (unpaired) electrons. The number of alkyl carbamates (subject to hydrolysis) is 1. The standard InChI is InChI=1S/C19H20F4N2O4/c1-10-2-11(15(20)3-14(10)19(21,22)23)8-28-13-6-25(7-13)16(26)12-4-18(5-12)9-29-17(27)24-18/h2-3,12-13H,4-9H2,1H3,(H,24,27). The fourth-order valence-corrected chi connectivity index (χ4v) is 4.12. The van der Waals surface area contributed by atoms with Crippen LogP contribution in [0, 0.1) is 18.7 Å². The van der Waals surface area contributed by atoms with Crippen molar-refractivity contribution in [1.29, 1.82) is 0 Å². The smallest absolute Gasteiger partial charge is 0.416 e. The van der Waals surface area contributed by atoms with E-state index in [2.05, 4.69) is 5.32 Å². The summed E-state index contributed by atoms with van der Waals surface area (Å²) < 4.78 is 62.9. The van der Waals surface area contributed by atoms with Gasteiger partial charge in [0.1, 0.15) is 12.4 Å². The zero-order chi connectivity index (χ0) is 21.0. The number of nitrogens with one attached hydrogen (secondary N) is 1. The lowest BCUT2D eigenvalue weighted by Gasteiger charge is -2.47. The molecule has 2 aliphatic heterocycles. The number of carbonyl (C=O) groups excluding carboxylic acids is 2. The Bertz CT molecular complexity index is 845. The third-order valence-electron chi connectivity index (χ3n) is 5.80. The molecule has 4 rings (SSSR count). The second kappa shape index (κ2) is 6.86. The minimum absolute atomic E-state index is 0.0202. The van der Waals surface area contributed by atoms with Crippen LogP contribution >= 0.6 is 0 Å². The molecule has 0 bridgehead atoms. The first-order chi connectivity index (χ1) is 13.6. The van der Waals surface area contributed by atoms with E-state index in [4.69, 9.17) is 9.47 Å². The predicted molar refractivity (Wildman–Crippen MR) is 91.2 cm³/mol. The van der Waals surface area contributed by atoms with Crippen LogP contribution in [0.4, 0.5) is 22.4 Å². The number of likely N-dealkylation sites (tertiary alicyclic amines) is 1. The topological polar surface area (TPSA) is 67.9 Å². The van der Waals surface area contributed by atoms with E-state index in [-0.39, 0.29) is 42.3 Å². The molecular weight excluding hydrogens is 396 g/mol. The molecule has 1 N–H and O–H groups in total. The summed E-state index contributed by atoms with van der Waals surface area (Å²) in [4.78, 5) is 25.2. The maximum atomic E-state index is 14.0. The first kappa shape index (κ1) is 19.9. The number of amides is 2. The average molecular weight is 416 g/mol. The molecule has 1 aliphatic carbocycles. The molecule has 6 nitrogen and oxygen atoms in total. The number of hydrogen-bond acceptors (Lipinski definition) is 4. The molecule has 29 heavy (non-hydrogen) atoms. The van der Waals surface area contributed by atoms with Gasteiger partial charge >= 0.3 is 12.3 Å². The summed E-state index contributed by atoms with van der Waals surface area (Å²) in [6, 6.07) is 1.63. The highest BCUT2D eigenvalue weighted by Gasteiger charge is 2.54. The average Bonchev–Trinajstić information content (AvgIpc) is 2.95. The SMILES string of the molecule is Cc1cc(COC2CN(C(=O)C3CC4(COC(=O)N4)C3)C2)c(F)cc1C(F)(F)F. The summed E-state index contributed by atoms with van der Waals surface area (Å²) in [6.07, 6.45) is -4.28. The van der Waals surface area contributed by atoms with Crippen LogP contribution in [-0.4, -0.2) is 48.2 Å². The maximum absolute atomic E-state index is 14.0. The van der Waals surface area contributed by atoms with E-state index in [1.54, 1.807) is 4.90 Å². The first-order valence-electron chi connectivity index (χ1n) is 9.28. The van der Waals surface area contributed by atoms with Gasteiger partial charge in [0.05, 0.1) is 23.8 Å². The minimum Gasteiger partial charge on any atom is -0.447 e. The number of hydrogen-bond donors (Lipinski definition) is 1. The minimum atomic E-state index is -4.60. The van der Waals surface area contributed by atoms with E-state index >= 15 is 0 Å². The van der Waals surface area contributed by atoms with Crippen molar-refractivity contribution in [2.24, 2.45) is 5.92 Å². The number of ether oxygens (including phenoxy) is 2. The van der Waals surface area contributed by atoms with Gasteiger partial charge in [0.15, 0.2) is 0 Å². The fourth-order valence-electron chi connectivity index (χ4n) is 4.12. The summed E-state index contributed by atoms with van der Waals surface area (Å²) in [5.74, 6) is -1.16. The summed E-state index contributed by atoms with van der Waals surface area (Å²) in [7, 11) is 0. The van der Waals surface area contributed by atoms with Crippen LogP contribution in [0.2, 0.25) is 0 Å². The fraction of sp³-hybridized carbons (Fsp3) is 0.579. The number of cyclic esters (lactones) is 1. The molecule has 1 saturated carbocycles. The van der Waals surface area contributed by atoms with Gasteiger partial charge in [-0.15, -0.1) is 0 Å². The van der Waals surface area contributed by atoms with E-state index < -0.39 is 29.2 Å². The van der Waals surface area contributed by atoms with Gasteiger partial charge in [-0.3, -0.25) is 4.79 Å². The highest BCUT2D eigenvalue weighted by molar-refractivity contribution is 5.82. The van der Waals surface area contributed by atoms with E-state index in [1.807, 2.05) is 0 Å². The summed E-state index contributed by atoms with van der Waals surface area (Å²) in [5.41, 5.74) is -1.43. The number of benzene rings is 1. The van der Waals surface area contributed by atoms with Gasteiger partial charge in [0.2, 0.25) is 5.91 Å². The summed E-state index contributed by atoms with van der Waals surface area (Å²) in [6.45, 7) is 2.10. The molecule has 1 aromatic rings. The Kier molecular flexibility index (Phi) is 4.71. The molecule has 2 amide bonds. The molecule has 1 aromatic carbocycles. The Balaban J connectivity index is 1.24. The number of aryl methyl sites for hydroxylation is 1. The van der Waals surface area contributed by atoms with Gasteiger partial charge in [-0.25, -0.2) is 9.18 Å². The largest absolute Gasteiger partial charge is 0.447 e. The summed E-state index contributed by atoms with van der Waals surface area (Å²) in [5, 5.41) is 2.73. The van der Waals surface area contributed by atoms with Crippen LogP contribution in [0.15, 0.2) is 12.1 Å². The Labute approximate surface area is 164 Å². The number of rotatable bonds is 4. The van der Waals surface area contributed by atoms with Crippen molar-refractivity contribution in [2.45, 2.75) is 44.2 Å². The van der Waals surface area contributed by atoms with Crippen LogP contribution < -0.4 is 5.32 Å². The van der Waals surface area contributed by atoms with E-state index in [9.17, 15) is 27.2 Å². The van der Waals surface area contributed by atoms with Crippen molar-refractivity contribution < 1.29 is 36.6 Å². The first-order valence-corrected chi connectivity index (χ1v) is 9.28. The summed E-state index contributed by atoms with van der Waals surface area (Å²) >= 11 is 0. The van der Waals surface area contributed by atoms with Gasteiger partial charge in [0.25, 0.3) is 0 Å². The number of carbonyl (C=O) groups is 2. The normalized spacial score (nSPS) is 26.7. The quantitative estimate of drug-likeness (QED) is 0.767. The lowest BCUT2D eigenvalue weighted by molar-refractivity contribution is -0.155. The van der Waals surface area contributed by atoms with Crippen molar-refractivity contribution in [2.75, 3.05) is 19.7 Å². The Morgan fingerprint density at radius 1 is 1.34 bits per heavy atom. The maximum Gasteiger partial charge on any atom is 0.416 e. The van der Waals surface area contributed by atoms with Crippen molar-refractivity contribution in [3.63, 3.8) is 0 Å². The predicted octanol–water partition coefficient (Wildman–Crippen LogP) is 2.77. The Hall–Kier alpha value is -2.36. The highest BCUT2D eigenvalue weighted by Crippen LogP contribution is 2.42. The van der Waals surface area contributed by atoms with Crippen LogP contribution in [-0.2, 0) is 27.1 Å². The molecule has 0 unspecified atom stereocenters. The lowest BCUT2D eigenvalue weighted by atomic mass is 9.68. The second-order valence-electron chi connectivity index (χ2n) is 8.02. The second-order valence-corrected chi connectivity index (χ2v) is 8.02. The molecule has 2 heterocycles. The Morgan fingerprint density at radius 3 is 2.62 bits per heavy atom. The molecule has 158 valence electrons. The van der Waals surface area contributed by atoms with Crippen LogP contribution in [0.3, 0.4) is 0 Å². The molecule has 3 aliphatic rings. The molecule has 0 aromatic heterocycles. The molecule has 2 saturated heterocycles. The third-order valence-corrected chi connectivity index (χ3v) is 5.80. The lowest BCUT2D eigenvalue weighted by Crippen LogP contribution is -2.62. The number of alkyl halides is 3. The van der Waals surface area contributed by atoms with Gasteiger partial charge in [-0.2, -0.15) is 13.2 Å². The van der Waals surface area contributed by atoms with Crippen molar-refractivity contribution >= 4 is 12.0 Å². The molecule has 1 spiro atoms. The van der Waals surface area contributed by atoms with Crippen molar-refractivity contribution in [3.05, 3.63) is 34.6 Å². The molecule has 0 atom stereocenters. The van der Waals surface area contributed by atoms with E-state index in [1.165, 1.54) is 6.92 Å². The number of halogens is 4. The monoisotopic (exact) mass is 416 g/mol. The van der Waals surface area contributed by atoms with Gasteiger partial charge in [-0.1, -0.05) is 6.07 Å². The van der Waals surface area contributed by atoms with Crippen LogP contribution in [0.1, 0.15) is 29.5 Å². The van der Waals surface area contributed by atoms with Gasteiger partial charge in [-0.05, 0) is 31.4 Å².